The number of amides is 1. The first kappa shape index (κ1) is 27.0. The van der Waals surface area contributed by atoms with E-state index in [2.05, 4.69) is 16.9 Å². The van der Waals surface area contributed by atoms with Gasteiger partial charge < -0.3 is 23.7 Å². The highest BCUT2D eigenvalue weighted by atomic mass is 16.6. The number of hydrogen-bond donors (Lipinski definition) is 1. The van der Waals surface area contributed by atoms with E-state index < -0.39 is 53.9 Å². The highest BCUT2D eigenvalue weighted by Crippen LogP contribution is 2.33. The Balaban J connectivity index is 2.26. The molecule has 12 heteroatoms. The van der Waals surface area contributed by atoms with Crippen LogP contribution in [-0.4, -0.2) is 65.2 Å². The van der Waals surface area contributed by atoms with Crippen LogP contribution in [0.4, 0.5) is 10.6 Å². The van der Waals surface area contributed by atoms with E-state index in [9.17, 15) is 19.2 Å². The zero-order valence-electron chi connectivity index (χ0n) is 20.2. The Morgan fingerprint density at radius 1 is 1.24 bits per heavy atom. The minimum absolute atomic E-state index is 0.0705. The number of ether oxygens (including phenoxy) is 5. The zero-order valence-corrected chi connectivity index (χ0v) is 20.2. The molecular formula is C22H31N3O9. The summed E-state index contributed by atoms with van der Waals surface area (Å²) in [7, 11) is 1.56. The number of anilines is 1. The van der Waals surface area contributed by atoms with Gasteiger partial charge in [-0.05, 0) is 20.8 Å². The van der Waals surface area contributed by atoms with Crippen molar-refractivity contribution in [2.75, 3.05) is 19.0 Å². The van der Waals surface area contributed by atoms with Gasteiger partial charge in [0.15, 0.2) is 18.4 Å². The van der Waals surface area contributed by atoms with Crippen LogP contribution in [0.25, 0.3) is 6.08 Å². The number of esters is 2. The molecule has 1 aliphatic rings. The van der Waals surface area contributed by atoms with E-state index in [0.29, 0.717) is 6.42 Å². The molecule has 0 spiro atoms. The van der Waals surface area contributed by atoms with Crippen molar-refractivity contribution in [2.45, 2.75) is 71.2 Å². The number of carbonyl (C=O) groups excluding carboxylic acids is 3. The minimum Gasteiger partial charge on any atom is -0.456 e. The molecule has 12 nitrogen and oxygen atoms in total. The van der Waals surface area contributed by atoms with Crippen molar-refractivity contribution in [2.24, 2.45) is 0 Å². The molecule has 1 aromatic rings. The molecule has 188 valence electrons. The predicted octanol–water partition coefficient (Wildman–Crippen LogP) is 2.03. The second-order valence-electron chi connectivity index (χ2n) is 8.29. The molecule has 0 aromatic carbocycles. The van der Waals surface area contributed by atoms with E-state index in [0.717, 1.165) is 4.57 Å². The molecule has 2 heterocycles. The monoisotopic (exact) mass is 481 g/mol. The first-order chi connectivity index (χ1) is 15.9. The average molecular weight is 482 g/mol. The maximum absolute atomic E-state index is 12.8. The summed E-state index contributed by atoms with van der Waals surface area (Å²) in [4.78, 5) is 52.1. The number of nitrogens with zero attached hydrogens (tertiary/aromatic N) is 2. The Bertz CT molecular complexity index is 988. The summed E-state index contributed by atoms with van der Waals surface area (Å²) in [6.45, 7) is 11.5. The largest absolute Gasteiger partial charge is 0.456 e. The summed E-state index contributed by atoms with van der Waals surface area (Å²) in [6, 6.07) is 0. The Morgan fingerprint density at radius 2 is 1.85 bits per heavy atom. The van der Waals surface area contributed by atoms with Crippen molar-refractivity contribution in [3.63, 3.8) is 0 Å². The van der Waals surface area contributed by atoms with Gasteiger partial charge in [0, 0.05) is 39.1 Å². The molecule has 0 aliphatic carbocycles. The third-order valence-electron chi connectivity index (χ3n) is 5.21. The third-order valence-corrected chi connectivity index (χ3v) is 5.21. The lowest BCUT2D eigenvalue weighted by Crippen LogP contribution is -2.40. The van der Waals surface area contributed by atoms with Gasteiger partial charge in [0.1, 0.15) is 5.82 Å². The molecule has 34 heavy (non-hydrogen) atoms. The van der Waals surface area contributed by atoms with E-state index in [1.807, 2.05) is 13.8 Å². The maximum Gasteiger partial charge on any atom is 0.412 e. The van der Waals surface area contributed by atoms with Crippen molar-refractivity contribution in [1.29, 1.82) is 0 Å². The van der Waals surface area contributed by atoms with Gasteiger partial charge in [-0.15, -0.1) is 0 Å². The van der Waals surface area contributed by atoms with Crippen LogP contribution in [0.3, 0.4) is 0 Å². The summed E-state index contributed by atoms with van der Waals surface area (Å²) in [6.07, 6.45) is -1.47. The molecule has 1 fully saturated rings. The standard InChI is InChI=1S/C22H31N3O9/c1-8-15-11-25(19-17(34-14(4)27)16(12(2)32-19)33-13(3)26)20(28)23-18(15)24-21(29)31-10-9-22(5,6)30-7/h8,11-12,16-17,19H,1,9-10H2,2-7H3,(H,23,24,28,29)/t12-,16?,17?,19-/m1/s1. The van der Waals surface area contributed by atoms with E-state index in [4.69, 9.17) is 23.7 Å². The van der Waals surface area contributed by atoms with Crippen LogP contribution in [-0.2, 0) is 33.3 Å². The number of nitrogens with one attached hydrogen (secondary N) is 1. The van der Waals surface area contributed by atoms with E-state index >= 15 is 0 Å². The summed E-state index contributed by atoms with van der Waals surface area (Å²) < 4.78 is 27.8. The van der Waals surface area contributed by atoms with Crippen LogP contribution < -0.4 is 11.0 Å². The van der Waals surface area contributed by atoms with Gasteiger partial charge >= 0.3 is 23.7 Å². The van der Waals surface area contributed by atoms with Crippen LogP contribution in [0.5, 0.6) is 0 Å². The van der Waals surface area contributed by atoms with Crippen molar-refractivity contribution in [3.05, 3.63) is 28.8 Å². The lowest BCUT2D eigenvalue weighted by molar-refractivity contribution is -0.165. The Morgan fingerprint density at radius 3 is 2.41 bits per heavy atom. The van der Waals surface area contributed by atoms with Crippen LogP contribution in [0.1, 0.15) is 52.8 Å². The topological polar surface area (TPSA) is 144 Å². The molecule has 2 rings (SSSR count). The molecule has 1 N–H and O–H groups in total. The van der Waals surface area contributed by atoms with Gasteiger partial charge in [0.2, 0.25) is 0 Å². The van der Waals surface area contributed by atoms with Gasteiger partial charge in [0.05, 0.1) is 18.3 Å². The summed E-state index contributed by atoms with van der Waals surface area (Å²) in [5.74, 6) is -1.31. The van der Waals surface area contributed by atoms with E-state index in [1.165, 1.54) is 26.1 Å². The maximum atomic E-state index is 12.8. The summed E-state index contributed by atoms with van der Waals surface area (Å²) in [5.41, 5.74) is -0.992. The van der Waals surface area contributed by atoms with Gasteiger partial charge in [0.25, 0.3) is 0 Å². The van der Waals surface area contributed by atoms with Gasteiger partial charge in [-0.3, -0.25) is 19.5 Å². The molecule has 1 aliphatic heterocycles. The minimum atomic E-state index is -1.13. The highest BCUT2D eigenvalue weighted by Gasteiger charge is 2.48. The number of aromatic nitrogens is 2. The number of carbonyl (C=O) groups is 3. The quantitative estimate of drug-likeness (QED) is 0.411. The fourth-order valence-corrected chi connectivity index (χ4v) is 3.24. The SMILES string of the molecule is C=Cc1cn([C@@H]2O[C@H](C)C(OC(C)=O)C2OC(C)=O)c(=O)nc1NC(=O)OCCC(C)(C)OC. The average Bonchev–Trinajstić information content (AvgIpc) is 3.02. The molecule has 1 amide bonds. The number of hydrogen-bond acceptors (Lipinski definition) is 10. The molecule has 4 atom stereocenters. The highest BCUT2D eigenvalue weighted by molar-refractivity contribution is 5.85. The summed E-state index contributed by atoms with van der Waals surface area (Å²) >= 11 is 0. The zero-order chi connectivity index (χ0) is 25.6. The van der Waals surface area contributed by atoms with Gasteiger partial charge in [-0.1, -0.05) is 12.7 Å². The van der Waals surface area contributed by atoms with Crippen LogP contribution >= 0.6 is 0 Å². The molecule has 2 unspecified atom stereocenters. The molecule has 0 bridgehead atoms. The lowest BCUT2D eigenvalue weighted by atomic mass is 10.1. The van der Waals surface area contributed by atoms with E-state index in [1.54, 1.807) is 14.0 Å². The Kier molecular flexibility index (Phi) is 8.93. The lowest BCUT2D eigenvalue weighted by Gasteiger charge is -2.24. The molecule has 1 aromatic heterocycles. The van der Waals surface area contributed by atoms with Crippen molar-refractivity contribution in [3.8, 4) is 0 Å². The van der Waals surface area contributed by atoms with Crippen LogP contribution in [0.15, 0.2) is 17.6 Å². The van der Waals surface area contributed by atoms with Crippen LogP contribution in [0.2, 0.25) is 0 Å². The molecular weight excluding hydrogens is 450 g/mol. The van der Waals surface area contributed by atoms with Gasteiger partial charge in [-0.25, -0.2) is 9.59 Å². The predicted molar refractivity (Wildman–Crippen MR) is 120 cm³/mol. The van der Waals surface area contributed by atoms with E-state index in [-0.39, 0.29) is 18.0 Å². The molecule has 0 radical (unpaired) electrons. The normalized spacial score (nSPS) is 22.1. The first-order valence-corrected chi connectivity index (χ1v) is 10.6. The second-order valence-corrected chi connectivity index (χ2v) is 8.29. The Hall–Kier alpha value is -3.25. The summed E-state index contributed by atoms with van der Waals surface area (Å²) in [5, 5.41) is 2.42. The van der Waals surface area contributed by atoms with Crippen molar-refractivity contribution in [1.82, 2.24) is 9.55 Å². The smallest absolute Gasteiger partial charge is 0.412 e. The number of rotatable bonds is 9. The molecule has 0 saturated carbocycles. The molecule has 1 saturated heterocycles. The van der Waals surface area contributed by atoms with Crippen molar-refractivity contribution >= 4 is 29.9 Å². The third kappa shape index (κ3) is 6.87. The van der Waals surface area contributed by atoms with Crippen LogP contribution in [0, 0.1) is 0 Å². The second kappa shape index (κ2) is 11.3. The fourth-order valence-electron chi connectivity index (χ4n) is 3.24. The van der Waals surface area contributed by atoms with Gasteiger partial charge in [-0.2, -0.15) is 4.98 Å². The van der Waals surface area contributed by atoms with Crippen molar-refractivity contribution < 1.29 is 38.1 Å². The first-order valence-electron chi connectivity index (χ1n) is 10.6. The fraction of sp³-hybridized carbons (Fsp3) is 0.591. The Labute approximate surface area is 197 Å². The number of methoxy groups -OCH3 is 1.